The van der Waals surface area contributed by atoms with E-state index in [-0.39, 0.29) is 0 Å². The second-order valence-corrected chi connectivity index (χ2v) is 1.76. The first-order valence-corrected chi connectivity index (χ1v) is 3.30. The summed E-state index contributed by atoms with van der Waals surface area (Å²) in [7, 11) is 3.17. The van der Waals surface area contributed by atoms with Gasteiger partial charge in [0.05, 0.1) is 13.2 Å². The molecule has 0 aliphatic carbocycles. The molecule has 0 unspecified atom stereocenters. The van der Waals surface area contributed by atoms with E-state index < -0.39 is 0 Å². The highest BCUT2D eigenvalue weighted by Crippen LogP contribution is 1.93. The van der Waals surface area contributed by atoms with E-state index in [0.29, 0.717) is 20.0 Å². The molecule has 0 aromatic carbocycles. The minimum atomic E-state index is 0.389. The van der Waals surface area contributed by atoms with Crippen LogP contribution in [0, 0.1) is 0 Å². The maximum atomic E-state index is 4.47. The summed E-state index contributed by atoms with van der Waals surface area (Å²) in [5, 5.41) is 4.07. The van der Waals surface area contributed by atoms with Crippen LogP contribution in [0.4, 0.5) is 0 Å². The zero-order valence-electron chi connectivity index (χ0n) is 6.87. The Morgan fingerprint density at radius 3 is 1.73 bits per heavy atom. The number of hydrogen-bond donors (Lipinski definition) is 0. The van der Waals surface area contributed by atoms with Gasteiger partial charge in [-0.2, -0.15) is 0 Å². The molecule has 1 saturated heterocycles. The largest absolute Gasteiger partial charge is 0.359 e. The summed E-state index contributed by atoms with van der Waals surface area (Å²) < 4.78 is 8.94. The Kier molecular flexibility index (Phi) is 9.62. The SMILES string of the molecule is C1COOOC1.COCOC. The van der Waals surface area contributed by atoms with Crippen molar-refractivity contribution in [1.82, 2.24) is 0 Å². The molecule has 0 spiro atoms. The summed E-state index contributed by atoms with van der Waals surface area (Å²) >= 11 is 0. The number of rotatable bonds is 2. The normalized spacial score (nSPS) is 16.9. The van der Waals surface area contributed by atoms with E-state index >= 15 is 0 Å². The van der Waals surface area contributed by atoms with E-state index in [1.807, 2.05) is 0 Å². The Balaban J connectivity index is 0.000000187. The van der Waals surface area contributed by atoms with Crippen LogP contribution in [0.1, 0.15) is 6.42 Å². The van der Waals surface area contributed by atoms with Crippen molar-refractivity contribution in [3.63, 3.8) is 0 Å². The van der Waals surface area contributed by atoms with Crippen LogP contribution in [0.2, 0.25) is 0 Å². The fourth-order valence-electron chi connectivity index (χ4n) is 0.397. The Bertz CT molecular complexity index is 50.5. The predicted molar refractivity (Wildman–Crippen MR) is 36.5 cm³/mol. The summed E-state index contributed by atoms with van der Waals surface area (Å²) in [5.74, 6) is 0. The van der Waals surface area contributed by atoms with Crippen LogP contribution in [-0.4, -0.2) is 34.2 Å². The molecule has 1 fully saturated rings. The van der Waals surface area contributed by atoms with Gasteiger partial charge in [-0.25, -0.2) is 9.78 Å². The van der Waals surface area contributed by atoms with E-state index in [1.54, 1.807) is 14.2 Å². The third-order valence-electron chi connectivity index (χ3n) is 0.787. The van der Waals surface area contributed by atoms with Crippen LogP contribution in [-0.2, 0) is 24.3 Å². The highest BCUT2D eigenvalue weighted by molar-refractivity contribution is 4.28. The second-order valence-electron chi connectivity index (χ2n) is 1.76. The maximum absolute atomic E-state index is 4.47. The quantitative estimate of drug-likeness (QED) is 0.441. The van der Waals surface area contributed by atoms with Gasteiger partial charge in [0, 0.05) is 20.6 Å². The van der Waals surface area contributed by atoms with Gasteiger partial charge in [0.15, 0.2) is 0 Å². The van der Waals surface area contributed by atoms with E-state index in [2.05, 4.69) is 24.3 Å². The topological polar surface area (TPSA) is 46.2 Å². The molecular weight excluding hydrogens is 152 g/mol. The molecule has 1 rings (SSSR count). The Hall–Kier alpha value is -0.200. The lowest BCUT2D eigenvalue weighted by Crippen LogP contribution is -2.08. The molecule has 0 atom stereocenters. The predicted octanol–water partition coefficient (Wildman–Crippen LogP) is 0.507. The van der Waals surface area contributed by atoms with Gasteiger partial charge in [0.2, 0.25) is 0 Å². The van der Waals surface area contributed by atoms with Crippen molar-refractivity contribution >= 4 is 0 Å². The van der Waals surface area contributed by atoms with Crippen LogP contribution >= 0.6 is 0 Å². The first-order valence-electron chi connectivity index (χ1n) is 3.30. The van der Waals surface area contributed by atoms with Crippen molar-refractivity contribution < 1.29 is 24.3 Å². The molecule has 0 aromatic rings. The van der Waals surface area contributed by atoms with Crippen molar-refractivity contribution in [1.29, 1.82) is 0 Å². The molecule has 0 N–H and O–H groups in total. The molecule has 0 bridgehead atoms. The van der Waals surface area contributed by atoms with Crippen molar-refractivity contribution in [3.8, 4) is 0 Å². The molecule has 1 aliphatic rings. The van der Waals surface area contributed by atoms with Gasteiger partial charge in [0.25, 0.3) is 0 Å². The molecule has 0 aromatic heterocycles. The van der Waals surface area contributed by atoms with Crippen LogP contribution in [0.5, 0.6) is 0 Å². The fraction of sp³-hybridized carbons (Fsp3) is 1.00. The molecule has 5 heteroatoms. The van der Waals surface area contributed by atoms with Crippen molar-refractivity contribution in [3.05, 3.63) is 0 Å². The van der Waals surface area contributed by atoms with Crippen LogP contribution in [0.3, 0.4) is 0 Å². The van der Waals surface area contributed by atoms with Gasteiger partial charge < -0.3 is 9.47 Å². The number of methoxy groups -OCH3 is 2. The smallest absolute Gasteiger partial charge is 0.145 e. The van der Waals surface area contributed by atoms with Gasteiger partial charge in [0.1, 0.15) is 6.79 Å². The Labute approximate surface area is 66.0 Å². The molecule has 68 valence electrons. The first-order chi connectivity index (χ1) is 5.41. The number of ether oxygens (including phenoxy) is 2. The lowest BCUT2D eigenvalue weighted by atomic mass is 10.5. The van der Waals surface area contributed by atoms with Crippen LogP contribution < -0.4 is 0 Å². The zero-order valence-corrected chi connectivity index (χ0v) is 6.87. The van der Waals surface area contributed by atoms with Gasteiger partial charge in [-0.1, -0.05) is 5.04 Å². The van der Waals surface area contributed by atoms with E-state index in [0.717, 1.165) is 6.42 Å². The summed E-state index contributed by atoms with van der Waals surface area (Å²) in [5.41, 5.74) is 0. The van der Waals surface area contributed by atoms with Gasteiger partial charge >= 0.3 is 0 Å². The molecule has 5 nitrogen and oxygen atoms in total. The standard InChI is InChI=1S/C3H6O3.C3H8O2/c1-2-4-6-5-3-1;1-4-3-5-2/h1-3H2;3H2,1-2H3. The highest BCUT2D eigenvalue weighted by atomic mass is 17.5. The lowest BCUT2D eigenvalue weighted by molar-refractivity contribution is -0.532. The summed E-state index contributed by atoms with van der Waals surface area (Å²) in [4.78, 5) is 8.69. The third-order valence-corrected chi connectivity index (χ3v) is 0.787. The van der Waals surface area contributed by atoms with Crippen molar-refractivity contribution in [2.75, 3.05) is 34.2 Å². The van der Waals surface area contributed by atoms with E-state index in [4.69, 9.17) is 0 Å². The van der Waals surface area contributed by atoms with E-state index in [9.17, 15) is 0 Å². The zero-order chi connectivity index (χ0) is 8.36. The van der Waals surface area contributed by atoms with Crippen LogP contribution in [0.25, 0.3) is 0 Å². The van der Waals surface area contributed by atoms with Crippen LogP contribution in [0.15, 0.2) is 0 Å². The molecule has 0 amide bonds. The van der Waals surface area contributed by atoms with Gasteiger partial charge in [-0.3, -0.25) is 0 Å². The fourth-order valence-corrected chi connectivity index (χ4v) is 0.397. The highest BCUT2D eigenvalue weighted by Gasteiger charge is 1.96. The first kappa shape index (κ1) is 10.8. The molecule has 1 aliphatic heterocycles. The lowest BCUT2D eigenvalue weighted by Gasteiger charge is -2.06. The minimum absolute atomic E-state index is 0.389. The molecule has 1 heterocycles. The summed E-state index contributed by atoms with van der Waals surface area (Å²) in [6.07, 6.45) is 0.931. The Morgan fingerprint density at radius 1 is 1.09 bits per heavy atom. The summed E-state index contributed by atoms with van der Waals surface area (Å²) in [6.45, 7) is 1.69. The average Bonchev–Trinajstić information content (AvgIpc) is 2.10. The van der Waals surface area contributed by atoms with Gasteiger partial charge in [-0.15, -0.1) is 0 Å². The Morgan fingerprint density at radius 2 is 1.64 bits per heavy atom. The minimum Gasteiger partial charge on any atom is -0.359 e. The molecule has 0 radical (unpaired) electrons. The molecular formula is C6H14O5. The monoisotopic (exact) mass is 166 g/mol. The van der Waals surface area contributed by atoms with E-state index in [1.165, 1.54) is 0 Å². The average molecular weight is 166 g/mol. The number of hydrogen-bond acceptors (Lipinski definition) is 5. The third kappa shape index (κ3) is 9.80. The second kappa shape index (κ2) is 9.80. The summed E-state index contributed by atoms with van der Waals surface area (Å²) in [6, 6.07) is 0. The maximum Gasteiger partial charge on any atom is 0.145 e. The molecule has 0 saturated carbocycles. The molecule has 11 heavy (non-hydrogen) atoms. The van der Waals surface area contributed by atoms with Crippen molar-refractivity contribution in [2.24, 2.45) is 0 Å². The van der Waals surface area contributed by atoms with Crippen molar-refractivity contribution in [2.45, 2.75) is 6.42 Å². The van der Waals surface area contributed by atoms with Gasteiger partial charge in [-0.05, 0) is 0 Å².